The fourth-order valence-electron chi connectivity index (χ4n) is 5.14. The van der Waals surface area contributed by atoms with Crippen molar-refractivity contribution in [3.05, 3.63) is 123 Å². The lowest BCUT2D eigenvalue weighted by molar-refractivity contribution is 0.0950. The highest BCUT2D eigenvalue weighted by molar-refractivity contribution is 7.98. The van der Waals surface area contributed by atoms with E-state index in [0.29, 0.717) is 35.2 Å². The molecule has 6 nitrogen and oxygen atoms in total. The minimum atomic E-state index is -0.585. The topological polar surface area (TPSA) is 75.6 Å². The average molecular weight is 643 g/mol. The van der Waals surface area contributed by atoms with Gasteiger partial charge in [0.1, 0.15) is 11.6 Å². The van der Waals surface area contributed by atoms with Crippen LogP contribution in [-0.4, -0.2) is 32.0 Å². The molecule has 43 heavy (non-hydrogen) atoms. The molecule has 4 aromatic rings. The summed E-state index contributed by atoms with van der Waals surface area (Å²) in [5.41, 5.74) is 3.12. The van der Waals surface area contributed by atoms with Crippen molar-refractivity contribution in [2.45, 2.75) is 55.5 Å². The molecule has 0 fully saturated rings. The summed E-state index contributed by atoms with van der Waals surface area (Å²) in [4.78, 5) is 24.5. The number of benzene rings is 2. The molecule has 0 saturated carbocycles. The van der Waals surface area contributed by atoms with Crippen LogP contribution in [0.3, 0.4) is 0 Å². The number of carbonyl (C=O) groups excluding carboxylic acids is 1. The van der Waals surface area contributed by atoms with Gasteiger partial charge in [0.2, 0.25) is 0 Å². The number of allylic oxidation sites excluding steroid dienone is 4. The van der Waals surface area contributed by atoms with E-state index < -0.39 is 17.1 Å². The van der Waals surface area contributed by atoms with E-state index in [0.717, 1.165) is 34.1 Å². The highest BCUT2D eigenvalue weighted by atomic mass is 35.5. The molecule has 2 unspecified atom stereocenters. The highest BCUT2D eigenvalue weighted by Gasteiger charge is 2.34. The number of hydrogen-bond donors (Lipinski definition) is 2. The molecule has 0 aliphatic heterocycles. The Morgan fingerprint density at radius 2 is 2.02 bits per heavy atom. The summed E-state index contributed by atoms with van der Waals surface area (Å²) in [6.45, 7) is 4.58. The van der Waals surface area contributed by atoms with Crippen molar-refractivity contribution in [1.82, 2.24) is 24.8 Å². The Morgan fingerprint density at radius 3 is 2.72 bits per heavy atom. The molecule has 224 valence electrons. The lowest BCUT2D eigenvalue weighted by Crippen LogP contribution is -2.28. The Morgan fingerprint density at radius 1 is 1.19 bits per heavy atom. The van der Waals surface area contributed by atoms with E-state index in [1.54, 1.807) is 36.8 Å². The van der Waals surface area contributed by atoms with Crippen molar-refractivity contribution >= 4 is 40.9 Å². The van der Waals surface area contributed by atoms with E-state index >= 15 is 0 Å². The predicted octanol–water partition coefficient (Wildman–Crippen LogP) is 8.39. The van der Waals surface area contributed by atoms with Crippen molar-refractivity contribution in [1.29, 1.82) is 0 Å². The monoisotopic (exact) mass is 641 g/mol. The van der Waals surface area contributed by atoms with Gasteiger partial charge in [-0.15, -0.1) is 0 Å². The van der Waals surface area contributed by atoms with Crippen LogP contribution in [0.15, 0.2) is 84.3 Å². The number of rotatable bonds is 11. The third-order valence-corrected chi connectivity index (χ3v) is 9.61. The van der Waals surface area contributed by atoms with Crippen LogP contribution in [0.25, 0.3) is 0 Å². The molecular formula is C32H31Cl2F2N5OS. The number of nitrogens with zero attached hydrogens (tertiary/aromatic N) is 3. The van der Waals surface area contributed by atoms with Crippen LogP contribution in [0.5, 0.6) is 0 Å². The van der Waals surface area contributed by atoms with Gasteiger partial charge in [-0.05, 0) is 67.3 Å². The molecule has 1 amide bonds. The standard InChI is InChI=1S/C32H31Cl2F2N5OS/c1-3-32(2,21-5-10-26(33)27(34)15-21)29-17-39-31(41(29)24-8-6-22(35)7-9-24)43-18-20-4-11-28(36)25(14-20)30(42)38-13-12-23-16-37-19-40-23/h4-8,10-11,14-17,19,24H,3,9,12-13,18H2,1-2H3,(H,37,40)(H,38,42). The predicted molar refractivity (Wildman–Crippen MR) is 168 cm³/mol. The summed E-state index contributed by atoms with van der Waals surface area (Å²) < 4.78 is 30.7. The molecule has 5 rings (SSSR count). The number of H-pyrrole nitrogens is 1. The fourth-order valence-corrected chi connectivity index (χ4v) is 6.41. The number of thioether (sulfide) groups is 1. The van der Waals surface area contributed by atoms with Gasteiger partial charge in [-0.25, -0.2) is 18.7 Å². The van der Waals surface area contributed by atoms with Gasteiger partial charge in [-0.1, -0.05) is 60.1 Å². The highest BCUT2D eigenvalue weighted by Crippen LogP contribution is 2.42. The largest absolute Gasteiger partial charge is 0.352 e. The van der Waals surface area contributed by atoms with Gasteiger partial charge in [0, 0.05) is 41.7 Å². The van der Waals surface area contributed by atoms with Crippen LogP contribution in [-0.2, 0) is 17.6 Å². The second-order valence-electron chi connectivity index (χ2n) is 10.5. The number of imidazole rings is 2. The van der Waals surface area contributed by atoms with Gasteiger partial charge in [-0.3, -0.25) is 4.79 Å². The van der Waals surface area contributed by atoms with E-state index in [-0.39, 0.29) is 17.4 Å². The lowest BCUT2D eigenvalue weighted by Gasteiger charge is -2.33. The molecule has 2 N–H and O–H groups in total. The molecule has 11 heteroatoms. The van der Waals surface area contributed by atoms with Crippen LogP contribution in [0.4, 0.5) is 8.78 Å². The van der Waals surface area contributed by atoms with E-state index in [2.05, 4.69) is 33.7 Å². The van der Waals surface area contributed by atoms with E-state index in [4.69, 9.17) is 28.2 Å². The summed E-state index contributed by atoms with van der Waals surface area (Å²) >= 11 is 14.1. The Kier molecular flexibility index (Phi) is 9.74. The molecule has 1 aliphatic rings. The molecular weight excluding hydrogens is 611 g/mol. The minimum absolute atomic E-state index is 0.0132. The number of aromatic amines is 1. The van der Waals surface area contributed by atoms with Crippen LogP contribution >= 0.6 is 35.0 Å². The minimum Gasteiger partial charge on any atom is -0.352 e. The fraction of sp³-hybridized carbons (Fsp3) is 0.281. The van der Waals surface area contributed by atoms with Crippen molar-refractivity contribution in [2.24, 2.45) is 0 Å². The normalized spacial score (nSPS) is 16.1. The van der Waals surface area contributed by atoms with Gasteiger partial charge in [0.05, 0.1) is 34.2 Å². The number of carbonyl (C=O) groups is 1. The van der Waals surface area contributed by atoms with Crippen LogP contribution < -0.4 is 5.32 Å². The zero-order valence-electron chi connectivity index (χ0n) is 23.7. The van der Waals surface area contributed by atoms with Gasteiger partial charge in [0.15, 0.2) is 5.16 Å². The SMILES string of the molecule is CCC(C)(c1ccc(Cl)c(Cl)c1)c1cnc(SCc2ccc(F)c(C(=O)NCCc3cnc[nH]3)c2)n1C1C=CC(F)=CC1. The molecule has 2 aromatic carbocycles. The molecule has 2 heterocycles. The first-order valence-corrected chi connectivity index (χ1v) is 15.7. The Labute approximate surface area is 263 Å². The van der Waals surface area contributed by atoms with Gasteiger partial charge in [-0.2, -0.15) is 0 Å². The summed E-state index contributed by atoms with van der Waals surface area (Å²) in [7, 11) is 0. The van der Waals surface area contributed by atoms with E-state index in [1.165, 1.54) is 23.9 Å². The molecule has 0 radical (unpaired) electrons. The van der Waals surface area contributed by atoms with E-state index in [9.17, 15) is 13.6 Å². The quantitative estimate of drug-likeness (QED) is 0.161. The maximum atomic E-state index is 14.6. The molecule has 0 bridgehead atoms. The Hall–Kier alpha value is -3.40. The molecule has 2 aromatic heterocycles. The van der Waals surface area contributed by atoms with Crippen molar-refractivity contribution in [2.75, 3.05) is 6.54 Å². The van der Waals surface area contributed by atoms with Crippen LogP contribution in [0, 0.1) is 5.82 Å². The number of hydrogen-bond acceptors (Lipinski definition) is 4. The van der Waals surface area contributed by atoms with Crippen LogP contribution in [0.1, 0.15) is 65.6 Å². The average Bonchev–Trinajstić information content (AvgIpc) is 3.69. The maximum Gasteiger partial charge on any atom is 0.254 e. The maximum absolute atomic E-state index is 14.6. The number of amides is 1. The van der Waals surface area contributed by atoms with E-state index in [1.807, 2.05) is 24.4 Å². The second kappa shape index (κ2) is 13.5. The van der Waals surface area contributed by atoms with Crippen molar-refractivity contribution in [3.63, 3.8) is 0 Å². The summed E-state index contributed by atoms with van der Waals surface area (Å²) in [6.07, 6.45) is 11.8. The summed E-state index contributed by atoms with van der Waals surface area (Å²) in [5, 5.41) is 4.46. The third-order valence-electron chi connectivity index (χ3n) is 7.83. The lowest BCUT2D eigenvalue weighted by atomic mass is 9.77. The second-order valence-corrected chi connectivity index (χ2v) is 12.3. The van der Waals surface area contributed by atoms with Gasteiger partial charge >= 0.3 is 0 Å². The smallest absolute Gasteiger partial charge is 0.254 e. The van der Waals surface area contributed by atoms with Crippen LogP contribution in [0.2, 0.25) is 10.0 Å². The third kappa shape index (κ3) is 6.89. The first-order chi connectivity index (χ1) is 20.7. The van der Waals surface area contributed by atoms with Gasteiger partial charge < -0.3 is 14.9 Å². The molecule has 0 spiro atoms. The zero-order valence-corrected chi connectivity index (χ0v) is 26.0. The first kappa shape index (κ1) is 31.0. The summed E-state index contributed by atoms with van der Waals surface area (Å²) in [6, 6.07) is 10.0. The Bertz CT molecular complexity index is 1670. The molecule has 1 aliphatic carbocycles. The van der Waals surface area contributed by atoms with Gasteiger partial charge in [0.25, 0.3) is 5.91 Å². The molecule has 2 atom stereocenters. The number of nitrogens with one attached hydrogen (secondary N) is 2. The first-order valence-electron chi connectivity index (χ1n) is 13.9. The summed E-state index contributed by atoms with van der Waals surface area (Å²) in [5.74, 6) is -0.884. The zero-order chi connectivity index (χ0) is 30.6. The number of aromatic nitrogens is 4. The molecule has 0 saturated heterocycles. The Balaban J connectivity index is 1.40. The number of halogens is 4. The van der Waals surface area contributed by atoms with Crippen molar-refractivity contribution < 1.29 is 13.6 Å². The van der Waals surface area contributed by atoms with Crippen molar-refractivity contribution in [3.8, 4) is 0 Å².